The van der Waals surface area contributed by atoms with Crippen molar-refractivity contribution in [2.75, 3.05) is 24.2 Å². The number of hydrogen-bond donors (Lipinski definition) is 3. The summed E-state index contributed by atoms with van der Waals surface area (Å²) in [5.41, 5.74) is 2.87. The standard InChI is InChI=1S/C23H29IN6O2S2/c1-22(2,3)34(32)29-17-15-11-14(33-4)6-5-13(15)12-23(17)7-9-30(10-8-23)21-25-19-16(20(31)26-21)18(24)27-28-19/h5-6,11,17,29H,7-10,12H2,1-4H3,(H2,25,26,27,28,31)/t17-,34?/m1/s1. The van der Waals surface area contributed by atoms with Crippen LogP contribution in [0.1, 0.15) is 50.8 Å². The molecule has 3 N–H and O–H groups in total. The molecule has 0 saturated carbocycles. The molecule has 1 fully saturated rings. The minimum absolute atomic E-state index is 0.0249. The summed E-state index contributed by atoms with van der Waals surface area (Å²) in [5, 5.41) is 7.52. The highest BCUT2D eigenvalue weighted by molar-refractivity contribution is 14.1. The van der Waals surface area contributed by atoms with Gasteiger partial charge in [-0.3, -0.25) is 14.9 Å². The Morgan fingerprint density at radius 3 is 2.74 bits per heavy atom. The first-order chi connectivity index (χ1) is 16.1. The molecule has 2 aromatic heterocycles. The first-order valence-corrected chi connectivity index (χ1v) is 14.8. The molecular formula is C23H29IN6O2S2. The van der Waals surface area contributed by atoms with E-state index in [1.807, 2.05) is 20.8 Å². The lowest BCUT2D eigenvalue weighted by Crippen LogP contribution is -2.50. The van der Waals surface area contributed by atoms with Crippen molar-refractivity contribution >= 4 is 62.7 Å². The Balaban J connectivity index is 1.43. The number of fused-ring (bicyclic) bond motifs is 2. The van der Waals surface area contributed by atoms with E-state index in [1.54, 1.807) is 11.8 Å². The van der Waals surface area contributed by atoms with Gasteiger partial charge in [0.05, 0.1) is 6.04 Å². The average molecular weight is 613 g/mol. The Morgan fingerprint density at radius 2 is 2.06 bits per heavy atom. The highest BCUT2D eigenvalue weighted by Gasteiger charge is 2.50. The number of hydrogen-bond acceptors (Lipinski definition) is 7. The second kappa shape index (κ2) is 8.99. The van der Waals surface area contributed by atoms with E-state index in [-0.39, 0.29) is 21.8 Å². The highest BCUT2D eigenvalue weighted by Crippen LogP contribution is 2.53. The van der Waals surface area contributed by atoms with E-state index in [0.29, 0.717) is 20.7 Å². The fourth-order valence-corrected chi connectivity index (χ4v) is 7.08. The number of piperidine rings is 1. The number of anilines is 1. The van der Waals surface area contributed by atoms with Gasteiger partial charge in [0.1, 0.15) is 13.8 Å². The number of aromatic nitrogens is 4. The minimum Gasteiger partial charge on any atom is -0.598 e. The van der Waals surface area contributed by atoms with E-state index in [0.717, 1.165) is 32.4 Å². The van der Waals surface area contributed by atoms with Crippen LogP contribution < -0.4 is 15.2 Å². The number of thioether (sulfide) groups is 1. The van der Waals surface area contributed by atoms with E-state index < -0.39 is 11.4 Å². The number of nitrogens with zero attached hydrogens (tertiary/aromatic N) is 3. The molecule has 2 aliphatic rings. The van der Waals surface area contributed by atoms with Crippen LogP contribution in [0.3, 0.4) is 0 Å². The maximum Gasteiger partial charge on any atom is 0.264 e. The molecule has 34 heavy (non-hydrogen) atoms. The third-order valence-corrected chi connectivity index (χ3v) is 10.1. The normalized spacial score (nSPS) is 20.8. The van der Waals surface area contributed by atoms with Gasteiger partial charge in [0.15, 0.2) is 5.65 Å². The molecule has 1 spiro atoms. The summed E-state index contributed by atoms with van der Waals surface area (Å²) >= 11 is 2.62. The van der Waals surface area contributed by atoms with Gasteiger partial charge in [-0.25, -0.2) is 0 Å². The Morgan fingerprint density at radius 1 is 1.32 bits per heavy atom. The molecule has 3 heterocycles. The summed E-state index contributed by atoms with van der Waals surface area (Å²) in [4.78, 5) is 23.5. The summed E-state index contributed by atoms with van der Waals surface area (Å²) in [6.07, 6.45) is 4.88. The Kier molecular flexibility index (Phi) is 6.45. The van der Waals surface area contributed by atoms with Crippen molar-refractivity contribution in [3.8, 4) is 0 Å². The van der Waals surface area contributed by atoms with Crippen LogP contribution in [0, 0.1) is 9.12 Å². The topological polar surface area (TPSA) is 113 Å². The third kappa shape index (κ3) is 4.27. The maximum atomic E-state index is 13.2. The van der Waals surface area contributed by atoms with Crippen LogP contribution in [-0.4, -0.2) is 48.8 Å². The Bertz CT molecular complexity index is 1280. The number of halogens is 1. The molecule has 0 bridgehead atoms. The quantitative estimate of drug-likeness (QED) is 0.233. The lowest BCUT2D eigenvalue weighted by atomic mass is 9.73. The molecule has 8 nitrogen and oxygen atoms in total. The molecular weight excluding hydrogens is 583 g/mol. The molecule has 5 rings (SSSR count). The highest BCUT2D eigenvalue weighted by atomic mass is 127. The van der Waals surface area contributed by atoms with E-state index >= 15 is 0 Å². The molecule has 11 heteroatoms. The summed E-state index contributed by atoms with van der Waals surface area (Å²) in [6, 6.07) is 6.72. The molecule has 1 aliphatic carbocycles. The predicted molar refractivity (Wildman–Crippen MR) is 147 cm³/mol. The molecule has 1 aliphatic heterocycles. The number of H-pyrrole nitrogens is 2. The summed E-state index contributed by atoms with van der Waals surface area (Å²) in [6.45, 7) is 7.55. The van der Waals surface area contributed by atoms with Crippen molar-refractivity contribution in [1.29, 1.82) is 0 Å². The van der Waals surface area contributed by atoms with Crippen LogP contribution in [-0.2, 0) is 17.8 Å². The summed E-state index contributed by atoms with van der Waals surface area (Å²) < 4.78 is 17.1. The molecule has 1 aromatic carbocycles. The van der Waals surface area contributed by atoms with Crippen molar-refractivity contribution in [2.24, 2.45) is 5.41 Å². The Labute approximate surface area is 219 Å². The zero-order valence-electron chi connectivity index (χ0n) is 19.7. The van der Waals surface area contributed by atoms with E-state index in [4.69, 9.17) is 0 Å². The van der Waals surface area contributed by atoms with Gasteiger partial charge in [0.2, 0.25) is 5.95 Å². The van der Waals surface area contributed by atoms with Gasteiger partial charge in [0.25, 0.3) is 5.56 Å². The largest absolute Gasteiger partial charge is 0.598 e. The maximum absolute atomic E-state index is 13.2. The molecule has 3 aromatic rings. The number of nitrogens with one attached hydrogen (secondary N) is 3. The van der Waals surface area contributed by atoms with Crippen LogP contribution in [0.5, 0.6) is 0 Å². The summed E-state index contributed by atoms with van der Waals surface area (Å²) in [7, 11) is 0. The number of rotatable bonds is 4. The van der Waals surface area contributed by atoms with E-state index in [2.05, 4.69) is 76.8 Å². The first kappa shape index (κ1) is 24.4. The smallest absolute Gasteiger partial charge is 0.264 e. The molecule has 2 atom stereocenters. The SMILES string of the molecule is CSc1ccc2c(c1)[C@@H](N[S+]([O-])C(C)(C)C)C1(CCN(c3nc4n[nH]c(I)c4c(=O)[nH]3)CC1)C2. The Hall–Kier alpha value is -1.28. The van der Waals surface area contributed by atoms with Gasteiger partial charge in [0, 0.05) is 34.8 Å². The molecule has 1 unspecified atom stereocenters. The van der Waals surface area contributed by atoms with Crippen LogP contribution in [0.25, 0.3) is 11.0 Å². The first-order valence-electron chi connectivity index (χ1n) is 11.3. The van der Waals surface area contributed by atoms with E-state index in [1.165, 1.54) is 16.0 Å². The van der Waals surface area contributed by atoms with Crippen LogP contribution in [0.15, 0.2) is 27.9 Å². The monoisotopic (exact) mass is 612 g/mol. The van der Waals surface area contributed by atoms with Crippen LogP contribution in [0.2, 0.25) is 0 Å². The second-order valence-electron chi connectivity index (χ2n) is 10.1. The zero-order chi connectivity index (χ0) is 24.3. The molecule has 0 radical (unpaired) electrons. The van der Waals surface area contributed by atoms with Gasteiger partial charge in [-0.05, 0) is 92.1 Å². The minimum atomic E-state index is -1.17. The molecule has 1 saturated heterocycles. The van der Waals surface area contributed by atoms with Gasteiger partial charge in [-0.15, -0.1) is 16.5 Å². The van der Waals surface area contributed by atoms with Gasteiger partial charge >= 0.3 is 0 Å². The van der Waals surface area contributed by atoms with Crippen LogP contribution >= 0.6 is 34.4 Å². The van der Waals surface area contributed by atoms with Crippen molar-refractivity contribution in [1.82, 2.24) is 24.9 Å². The lowest BCUT2D eigenvalue weighted by Gasteiger charge is -2.44. The number of aromatic amines is 2. The van der Waals surface area contributed by atoms with Crippen molar-refractivity contribution in [3.63, 3.8) is 0 Å². The fourth-order valence-electron chi connectivity index (χ4n) is 5.08. The van der Waals surface area contributed by atoms with Crippen molar-refractivity contribution in [2.45, 2.75) is 55.7 Å². The fraction of sp³-hybridized carbons (Fsp3) is 0.522. The second-order valence-corrected chi connectivity index (χ2v) is 14.1. The van der Waals surface area contributed by atoms with E-state index in [9.17, 15) is 9.35 Å². The molecule has 0 amide bonds. The predicted octanol–water partition coefficient (Wildman–Crippen LogP) is 3.91. The lowest BCUT2D eigenvalue weighted by molar-refractivity contribution is 0.175. The van der Waals surface area contributed by atoms with Gasteiger partial charge in [-0.1, -0.05) is 6.07 Å². The van der Waals surface area contributed by atoms with Gasteiger partial charge in [-0.2, -0.15) is 10.1 Å². The van der Waals surface area contributed by atoms with Gasteiger partial charge < -0.3 is 9.45 Å². The van der Waals surface area contributed by atoms with Crippen LogP contribution in [0.4, 0.5) is 5.95 Å². The third-order valence-electron chi connectivity index (χ3n) is 7.03. The zero-order valence-corrected chi connectivity index (χ0v) is 23.5. The average Bonchev–Trinajstić information content (AvgIpc) is 3.31. The molecule has 182 valence electrons. The van der Waals surface area contributed by atoms with Crippen molar-refractivity contribution in [3.05, 3.63) is 43.4 Å². The number of benzene rings is 1. The summed E-state index contributed by atoms with van der Waals surface area (Å²) in [5.74, 6) is 0.568. The van der Waals surface area contributed by atoms with Crippen molar-refractivity contribution < 1.29 is 4.55 Å².